The minimum absolute atomic E-state index is 0.0535. The van der Waals surface area contributed by atoms with Crippen LogP contribution >= 0.6 is 11.3 Å². The normalized spacial score (nSPS) is 23.3. The molecule has 6 heteroatoms. The van der Waals surface area contributed by atoms with Crippen molar-refractivity contribution in [3.8, 4) is 0 Å². The Kier molecular flexibility index (Phi) is 6.51. The molecule has 2 amide bonds. The number of urea groups is 1. The molecule has 1 saturated heterocycles. The third-order valence-electron chi connectivity index (χ3n) is 4.81. The van der Waals surface area contributed by atoms with Gasteiger partial charge in [-0.25, -0.2) is 4.79 Å². The molecule has 0 radical (unpaired) electrons. The first kappa shape index (κ1) is 17.7. The maximum atomic E-state index is 12.5. The van der Waals surface area contributed by atoms with Gasteiger partial charge in [0, 0.05) is 31.2 Å². The van der Waals surface area contributed by atoms with E-state index in [4.69, 9.17) is 9.47 Å². The van der Waals surface area contributed by atoms with Crippen molar-refractivity contribution in [1.29, 1.82) is 0 Å². The quantitative estimate of drug-likeness (QED) is 0.766. The van der Waals surface area contributed by atoms with Crippen LogP contribution in [0.5, 0.6) is 0 Å². The molecular formula is C18H28N2O3S. The summed E-state index contributed by atoms with van der Waals surface area (Å²) in [5, 5.41) is 5.19. The average Bonchev–Trinajstić information content (AvgIpc) is 3.27. The van der Waals surface area contributed by atoms with E-state index in [2.05, 4.69) is 23.7 Å². The number of carbonyl (C=O) groups is 1. The zero-order chi connectivity index (χ0) is 16.8. The van der Waals surface area contributed by atoms with Gasteiger partial charge < -0.3 is 19.7 Å². The minimum Gasteiger partial charge on any atom is -0.379 e. The Balaban J connectivity index is 1.36. The van der Waals surface area contributed by atoms with Crippen LogP contribution in [-0.2, 0) is 15.9 Å². The fourth-order valence-electron chi connectivity index (χ4n) is 3.54. The molecule has 2 aliphatic heterocycles. The van der Waals surface area contributed by atoms with Crippen LogP contribution in [0.4, 0.5) is 4.79 Å². The van der Waals surface area contributed by atoms with Gasteiger partial charge in [-0.1, -0.05) is 6.92 Å². The van der Waals surface area contributed by atoms with Crippen LogP contribution in [0.15, 0.2) is 11.4 Å². The van der Waals surface area contributed by atoms with Gasteiger partial charge >= 0.3 is 6.03 Å². The van der Waals surface area contributed by atoms with E-state index in [0.29, 0.717) is 19.8 Å². The Morgan fingerprint density at radius 2 is 2.46 bits per heavy atom. The average molecular weight is 353 g/mol. The highest BCUT2D eigenvalue weighted by atomic mass is 32.1. The largest absolute Gasteiger partial charge is 0.379 e. The summed E-state index contributed by atoms with van der Waals surface area (Å²) in [5.74, 6) is 0. The Bertz CT molecular complexity index is 528. The molecule has 0 bridgehead atoms. The third kappa shape index (κ3) is 4.29. The molecule has 24 heavy (non-hydrogen) atoms. The van der Waals surface area contributed by atoms with E-state index in [1.165, 1.54) is 10.4 Å². The summed E-state index contributed by atoms with van der Waals surface area (Å²) in [7, 11) is 0. The second-order valence-corrected chi connectivity index (χ2v) is 7.46. The van der Waals surface area contributed by atoms with Crippen molar-refractivity contribution in [2.24, 2.45) is 0 Å². The van der Waals surface area contributed by atoms with Gasteiger partial charge in [0.2, 0.25) is 0 Å². The van der Waals surface area contributed by atoms with Crippen LogP contribution in [0.25, 0.3) is 0 Å². The number of nitrogens with zero attached hydrogens (tertiary/aromatic N) is 1. The molecule has 2 unspecified atom stereocenters. The van der Waals surface area contributed by atoms with Crippen LogP contribution in [0.3, 0.4) is 0 Å². The van der Waals surface area contributed by atoms with E-state index in [-0.39, 0.29) is 18.2 Å². The summed E-state index contributed by atoms with van der Waals surface area (Å²) >= 11 is 1.81. The molecule has 1 aromatic rings. The predicted molar refractivity (Wildman–Crippen MR) is 95.6 cm³/mol. The van der Waals surface area contributed by atoms with Crippen molar-refractivity contribution in [3.63, 3.8) is 0 Å². The Morgan fingerprint density at radius 1 is 1.54 bits per heavy atom. The predicted octanol–water partition coefficient (Wildman–Crippen LogP) is 3.35. The van der Waals surface area contributed by atoms with E-state index in [0.717, 1.165) is 45.3 Å². The molecular weight excluding hydrogens is 324 g/mol. The smallest absolute Gasteiger partial charge is 0.317 e. The molecule has 0 saturated carbocycles. The summed E-state index contributed by atoms with van der Waals surface area (Å²) in [6, 6.07) is 2.44. The molecule has 0 aromatic carbocycles. The van der Waals surface area contributed by atoms with E-state index < -0.39 is 0 Å². The summed E-state index contributed by atoms with van der Waals surface area (Å²) in [6.45, 7) is 5.84. The molecule has 3 rings (SSSR count). The van der Waals surface area contributed by atoms with Gasteiger partial charge in [0.25, 0.3) is 0 Å². The second-order valence-electron chi connectivity index (χ2n) is 6.46. The zero-order valence-corrected chi connectivity index (χ0v) is 15.3. The van der Waals surface area contributed by atoms with Gasteiger partial charge in [0.05, 0.1) is 18.8 Å². The highest BCUT2D eigenvalue weighted by molar-refractivity contribution is 7.10. The minimum atomic E-state index is 0.0535. The number of fused-ring (bicyclic) bond motifs is 1. The lowest BCUT2D eigenvalue weighted by atomic mass is 9.98. The van der Waals surface area contributed by atoms with E-state index in [1.54, 1.807) is 0 Å². The Labute approximate surface area is 148 Å². The van der Waals surface area contributed by atoms with Crippen molar-refractivity contribution in [2.75, 3.05) is 32.9 Å². The molecule has 2 aliphatic rings. The summed E-state index contributed by atoms with van der Waals surface area (Å²) in [6.07, 6.45) is 5.30. The molecule has 1 fully saturated rings. The number of rotatable bonds is 7. The van der Waals surface area contributed by atoms with Gasteiger partial charge in [-0.2, -0.15) is 0 Å². The Morgan fingerprint density at radius 3 is 3.25 bits per heavy atom. The van der Waals surface area contributed by atoms with Gasteiger partial charge in [-0.05, 0) is 49.1 Å². The molecule has 5 nitrogen and oxygen atoms in total. The maximum absolute atomic E-state index is 12.5. The van der Waals surface area contributed by atoms with Gasteiger partial charge in [-0.15, -0.1) is 11.3 Å². The van der Waals surface area contributed by atoms with Crippen LogP contribution < -0.4 is 5.32 Å². The third-order valence-corrected chi connectivity index (χ3v) is 5.81. The van der Waals surface area contributed by atoms with Crippen molar-refractivity contribution >= 4 is 17.4 Å². The molecule has 3 heterocycles. The van der Waals surface area contributed by atoms with Crippen LogP contribution in [0.2, 0.25) is 0 Å². The fourth-order valence-corrected chi connectivity index (χ4v) is 4.47. The van der Waals surface area contributed by atoms with E-state index >= 15 is 0 Å². The van der Waals surface area contributed by atoms with Crippen molar-refractivity contribution in [1.82, 2.24) is 10.2 Å². The standard InChI is InChI=1S/C18H28N2O3S/c1-2-16-15-7-12-24-17(15)6-9-20(16)18(21)19-8-4-10-22-13-14-5-3-11-23-14/h7,12,14,16H,2-6,8-11,13H2,1H3,(H,19,21). The van der Waals surface area contributed by atoms with Crippen LogP contribution in [0, 0.1) is 0 Å². The van der Waals surface area contributed by atoms with Crippen molar-refractivity contribution < 1.29 is 14.3 Å². The van der Waals surface area contributed by atoms with E-state index in [9.17, 15) is 4.79 Å². The van der Waals surface area contributed by atoms with Gasteiger partial charge in [-0.3, -0.25) is 0 Å². The first-order chi connectivity index (χ1) is 11.8. The van der Waals surface area contributed by atoms with Crippen molar-refractivity contribution in [2.45, 2.75) is 51.2 Å². The van der Waals surface area contributed by atoms with Crippen LogP contribution in [0.1, 0.15) is 49.1 Å². The number of ether oxygens (including phenoxy) is 2. The van der Waals surface area contributed by atoms with Crippen molar-refractivity contribution in [3.05, 3.63) is 21.9 Å². The first-order valence-corrected chi connectivity index (χ1v) is 9.97. The zero-order valence-electron chi connectivity index (χ0n) is 14.5. The lowest BCUT2D eigenvalue weighted by Gasteiger charge is -2.35. The number of amides is 2. The molecule has 0 spiro atoms. The summed E-state index contributed by atoms with van der Waals surface area (Å²) in [4.78, 5) is 15.9. The van der Waals surface area contributed by atoms with Gasteiger partial charge in [0.15, 0.2) is 0 Å². The number of hydrogen-bond donors (Lipinski definition) is 1. The second kappa shape index (κ2) is 8.83. The first-order valence-electron chi connectivity index (χ1n) is 9.09. The molecule has 2 atom stereocenters. The number of carbonyl (C=O) groups excluding carboxylic acids is 1. The molecule has 1 N–H and O–H groups in total. The highest BCUT2D eigenvalue weighted by Crippen LogP contribution is 2.35. The number of nitrogens with one attached hydrogen (secondary N) is 1. The monoisotopic (exact) mass is 352 g/mol. The molecule has 1 aromatic heterocycles. The lowest BCUT2D eigenvalue weighted by molar-refractivity contribution is 0.0167. The SMILES string of the molecule is CCC1c2ccsc2CCN1C(=O)NCCCOCC1CCCO1. The van der Waals surface area contributed by atoms with Gasteiger partial charge in [0.1, 0.15) is 0 Å². The topological polar surface area (TPSA) is 50.8 Å². The highest BCUT2D eigenvalue weighted by Gasteiger charge is 2.30. The Hall–Kier alpha value is -1.11. The molecule has 134 valence electrons. The maximum Gasteiger partial charge on any atom is 0.317 e. The van der Waals surface area contributed by atoms with Crippen LogP contribution in [-0.4, -0.2) is 49.9 Å². The summed E-state index contributed by atoms with van der Waals surface area (Å²) in [5.41, 5.74) is 1.34. The lowest BCUT2D eigenvalue weighted by Crippen LogP contribution is -2.45. The molecule has 0 aliphatic carbocycles. The number of hydrogen-bond acceptors (Lipinski definition) is 4. The summed E-state index contributed by atoms with van der Waals surface area (Å²) < 4.78 is 11.2. The fraction of sp³-hybridized carbons (Fsp3) is 0.722. The number of thiophene rings is 1. The van der Waals surface area contributed by atoms with E-state index in [1.807, 2.05) is 16.2 Å².